The zero-order chi connectivity index (χ0) is 16.6. The number of hydrogen-bond donors (Lipinski definition) is 1. The van der Waals surface area contributed by atoms with Crippen LogP contribution in [0, 0.1) is 6.92 Å². The molecule has 122 valence electrons. The maximum atomic E-state index is 12.4. The summed E-state index contributed by atoms with van der Waals surface area (Å²) < 4.78 is 1.67. The standard InChI is InChI=1S/C16H20ClN5O/c1-11-8-15(21(3)19-11)18-16(23)10-22-7-6-20(2)14-9-12(17)4-5-13(14)22/h4-5,8-9H,6-7,10H2,1-3H3,(H,18,23). The Morgan fingerprint density at radius 3 is 2.74 bits per heavy atom. The van der Waals surface area contributed by atoms with Crippen molar-refractivity contribution in [3.8, 4) is 0 Å². The molecule has 0 saturated carbocycles. The molecule has 0 spiro atoms. The highest BCUT2D eigenvalue weighted by Crippen LogP contribution is 2.34. The van der Waals surface area contributed by atoms with E-state index in [4.69, 9.17) is 11.6 Å². The van der Waals surface area contributed by atoms with E-state index in [0.29, 0.717) is 17.4 Å². The summed E-state index contributed by atoms with van der Waals surface area (Å²) in [4.78, 5) is 16.6. The molecule has 1 aliphatic heterocycles. The number of hydrogen-bond acceptors (Lipinski definition) is 4. The Hall–Kier alpha value is -2.21. The van der Waals surface area contributed by atoms with Crippen LogP contribution in [0.5, 0.6) is 0 Å². The van der Waals surface area contributed by atoms with Gasteiger partial charge in [0.25, 0.3) is 0 Å². The van der Waals surface area contributed by atoms with Crippen molar-refractivity contribution >= 4 is 34.7 Å². The van der Waals surface area contributed by atoms with Crippen molar-refractivity contribution in [3.05, 3.63) is 35.0 Å². The Labute approximate surface area is 140 Å². The zero-order valence-corrected chi connectivity index (χ0v) is 14.3. The molecule has 23 heavy (non-hydrogen) atoms. The fraction of sp³-hybridized carbons (Fsp3) is 0.375. The lowest BCUT2D eigenvalue weighted by Gasteiger charge is -2.36. The molecule has 0 fully saturated rings. The lowest BCUT2D eigenvalue weighted by molar-refractivity contribution is -0.115. The number of rotatable bonds is 3. The molecule has 0 bridgehead atoms. The topological polar surface area (TPSA) is 53.4 Å². The second-order valence-corrected chi connectivity index (χ2v) is 6.26. The van der Waals surface area contributed by atoms with E-state index in [1.54, 1.807) is 4.68 Å². The van der Waals surface area contributed by atoms with E-state index in [0.717, 1.165) is 30.2 Å². The van der Waals surface area contributed by atoms with E-state index in [9.17, 15) is 4.79 Å². The van der Waals surface area contributed by atoms with Crippen LogP contribution in [-0.4, -0.2) is 42.4 Å². The maximum absolute atomic E-state index is 12.4. The van der Waals surface area contributed by atoms with Gasteiger partial charge in [0.05, 0.1) is 23.6 Å². The molecule has 1 aliphatic rings. The molecule has 7 heteroatoms. The summed E-state index contributed by atoms with van der Waals surface area (Å²) in [5.74, 6) is 0.649. The Bertz CT molecular complexity index is 742. The molecule has 0 unspecified atom stereocenters. The van der Waals surface area contributed by atoms with Crippen LogP contribution in [0.2, 0.25) is 5.02 Å². The predicted molar refractivity (Wildman–Crippen MR) is 93.5 cm³/mol. The number of carbonyl (C=O) groups excluding carboxylic acids is 1. The normalized spacial score (nSPS) is 13.9. The number of carbonyl (C=O) groups is 1. The first-order valence-corrected chi connectivity index (χ1v) is 7.88. The van der Waals surface area contributed by atoms with Crippen LogP contribution in [0.3, 0.4) is 0 Å². The van der Waals surface area contributed by atoms with Crippen LogP contribution < -0.4 is 15.1 Å². The number of nitrogens with one attached hydrogen (secondary N) is 1. The first-order chi connectivity index (χ1) is 10.9. The number of amides is 1. The van der Waals surface area contributed by atoms with Crippen molar-refractivity contribution in [3.63, 3.8) is 0 Å². The summed E-state index contributed by atoms with van der Waals surface area (Å²) in [6.45, 7) is 3.84. The molecule has 0 saturated heterocycles. The van der Waals surface area contributed by atoms with Crippen molar-refractivity contribution < 1.29 is 4.79 Å². The van der Waals surface area contributed by atoms with Crippen LogP contribution in [0.4, 0.5) is 17.2 Å². The smallest absolute Gasteiger partial charge is 0.245 e. The van der Waals surface area contributed by atoms with Gasteiger partial charge >= 0.3 is 0 Å². The van der Waals surface area contributed by atoms with Gasteiger partial charge in [0.2, 0.25) is 5.91 Å². The average Bonchev–Trinajstić information content (AvgIpc) is 2.80. The number of fused-ring (bicyclic) bond motifs is 1. The highest BCUT2D eigenvalue weighted by atomic mass is 35.5. The third-order valence-corrected chi connectivity index (χ3v) is 4.23. The minimum Gasteiger partial charge on any atom is -0.371 e. The van der Waals surface area contributed by atoms with Gasteiger partial charge < -0.3 is 15.1 Å². The number of likely N-dealkylation sites (N-methyl/N-ethyl adjacent to an activating group) is 1. The van der Waals surface area contributed by atoms with Crippen molar-refractivity contribution in [1.82, 2.24) is 9.78 Å². The third-order valence-electron chi connectivity index (χ3n) is 4.00. The van der Waals surface area contributed by atoms with Gasteiger partial charge in [-0.1, -0.05) is 11.6 Å². The summed E-state index contributed by atoms with van der Waals surface area (Å²) in [5, 5.41) is 7.85. The molecule has 0 radical (unpaired) electrons. The number of aryl methyl sites for hydroxylation is 2. The Balaban J connectivity index is 1.75. The third kappa shape index (κ3) is 3.27. The minimum atomic E-state index is -0.0570. The van der Waals surface area contributed by atoms with Crippen LogP contribution in [0.25, 0.3) is 0 Å². The number of aromatic nitrogens is 2. The Kier molecular flexibility index (Phi) is 4.17. The zero-order valence-electron chi connectivity index (χ0n) is 13.5. The monoisotopic (exact) mass is 333 g/mol. The van der Waals surface area contributed by atoms with Crippen molar-refractivity contribution in [2.45, 2.75) is 6.92 Å². The van der Waals surface area contributed by atoms with Crippen molar-refractivity contribution in [1.29, 1.82) is 0 Å². The lowest BCUT2D eigenvalue weighted by atomic mass is 10.1. The molecule has 0 atom stereocenters. The van der Waals surface area contributed by atoms with Crippen LogP contribution in [0.15, 0.2) is 24.3 Å². The number of anilines is 3. The number of halogens is 1. The van der Waals surface area contributed by atoms with Gasteiger partial charge in [-0.05, 0) is 25.1 Å². The van der Waals surface area contributed by atoms with Crippen LogP contribution in [0.1, 0.15) is 5.69 Å². The van der Waals surface area contributed by atoms with Gasteiger partial charge in [-0.15, -0.1) is 0 Å². The Morgan fingerprint density at radius 1 is 1.26 bits per heavy atom. The van der Waals surface area contributed by atoms with Crippen LogP contribution >= 0.6 is 11.6 Å². The summed E-state index contributed by atoms with van der Waals surface area (Å²) in [7, 11) is 3.85. The Morgan fingerprint density at radius 2 is 2.04 bits per heavy atom. The second kappa shape index (κ2) is 6.12. The summed E-state index contributed by atoms with van der Waals surface area (Å²) in [6.07, 6.45) is 0. The van der Waals surface area contributed by atoms with Gasteiger partial charge in [-0.25, -0.2) is 0 Å². The predicted octanol–water partition coefficient (Wildman–Crippen LogP) is 2.28. The summed E-state index contributed by atoms with van der Waals surface area (Å²) in [5.41, 5.74) is 2.95. The van der Waals surface area contributed by atoms with Gasteiger partial charge in [0, 0.05) is 38.3 Å². The van der Waals surface area contributed by atoms with Crippen molar-refractivity contribution in [2.24, 2.45) is 7.05 Å². The molecular formula is C16H20ClN5O. The van der Waals surface area contributed by atoms with E-state index >= 15 is 0 Å². The van der Waals surface area contributed by atoms with E-state index < -0.39 is 0 Å². The fourth-order valence-corrected chi connectivity index (χ4v) is 3.00. The van der Waals surface area contributed by atoms with Crippen molar-refractivity contribution in [2.75, 3.05) is 41.8 Å². The SMILES string of the molecule is Cc1cc(NC(=O)CN2CCN(C)c3cc(Cl)ccc32)n(C)n1. The number of nitrogens with zero attached hydrogens (tertiary/aromatic N) is 4. The second-order valence-electron chi connectivity index (χ2n) is 5.82. The molecule has 1 amide bonds. The molecule has 2 heterocycles. The first kappa shape index (κ1) is 15.7. The highest BCUT2D eigenvalue weighted by Gasteiger charge is 2.22. The van der Waals surface area contributed by atoms with Crippen LogP contribution in [-0.2, 0) is 11.8 Å². The summed E-state index contributed by atoms with van der Waals surface area (Å²) in [6, 6.07) is 7.62. The van der Waals surface area contributed by atoms with Gasteiger partial charge in [0.15, 0.2) is 0 Å². The summed E-state index contributed by atoms with van der Waals surface area (Å²) >= 11 is 6.09. The van der Waals surface area contributed by atoms with E-state index in [1.165, 1.54) is 0 Å². The highest BCUT2D eigenvalue weighted by molar-refractivity contribution is 6.31. The quantitative estimate of drug-likeness (QED) is 0.936. The largest absolute Gasteiger partial charge is 0.371 e. The molecule has 1 aromatic heterocycles. The number of benzene rings is 1. The first-order valence-electron chi connectivity index (χ1n) is 7.50. The molecule has 1 N–H and O–H groups in total. The lowest BCUT2D eigenvalue weighted by Crippen LogP contribution is -2.43. The molecule has 6 nitrogen and oxygen atoms in total. The molecule has 3 rings (SSSR count). The minimum absolute atomic E-state index is 0.0570. The molecule has 2 aromatic rings. The van der Waals surface area contributed by atoms with E-state index in [1.807, 2.05) is 45.3 Å². The molecule has 0 aliphatic carbocycles. The van der Waals surface area contributed by atoms with Gasteiger partial charge in [-0.3, -0.25) is 9.48 Å². The van der Waals surface area contributed by atoms with Gasteiger partial charge in [-0.2, -0.15) is 5.10 Å². The molecule has 1 aromatic carbocycles. The average molecular weight is 334 g/mol. The van der Waals surface area contributed by atoms with E-state index in [-0.39, 0.29) is 5.91 Å². The van der Waals surface area contributed by atoms with E-state index in [2.05, 4.69) is 20.2 Å². The molecular weight excluding hydrogens is 314 g/mol. The van der Waals surface area contributed by atoms with Gasteiger partial charge in [0.1, 0.15) is 5.82 Å². The fourth-order valence-electron chi connectivity index (χ4n) is 2.83. The maximum Gasteiger partial charge on any atom is 0.245 e.